The molecule has 0 saturated heterocycles. The van der Waals surface area contributed by atoms with Gasteiger partial charge in [-0.1, -0.05) is 0 Å². The molecule has 0 amide bonds. The van der Waals surface area contributed by atoms with E-state index >= 15 is 0 Å². The van der Waals surface area contributed by atoms with Crippen LogP contribution in [0.3, 0.4) is 0 Å². The molecule has 0 aliphatic carbocycles. The molecular formula is C7H8FNOS. The first-order valence-corrected chi connectivity index (χ1v) is 3.42. The highest BCUT2D eigenvalue weighted by atomic mass is 32.1. The average molecular weight is 173 g/mol. The highest BCUT2D eigenvalue weighted by Gasteiger charge is 2.04. The highest BCUT2D eigenvalue weighted by Crippen LogP contribution is 2.28. The zero-order chi connectivity index (χ0) is 8.43. The first-order valence-electron chi connectivity index (χ1n) is 2.97. The molecular weight excluding hydrogens is 165 g/mol. The van der Waals surface area contributed by atoms with Crippen LogP contribution in [0.5, 0.6) is 5.75 Å². The molecule has 0 fully saturated rings. The Labute approximate surface area is 69.6 Å². The summed E-state index contributed by atoms with van der Waals surface area (Å²) in [6.07, 6.45) is 0. The van der Waals surface area contributed by atoms with Gasteiger partial charge in [0.05, 0.1) is 12.8 Å². The van der Waals surface area contributed by atoms with Crippen molar-refractivity contribution in [2.75, 3.05) is 12.8 Å². The maximum atomic E-state index is 12.6. The van der Waals surface area contributed by atoms with Gasteiger partial charge in [0.1, 0.15) is 11.6 Å². The van der Waals surface area contributed by atoms with Crippen LogP contribution < -0.4 is 10.5 Å². The van der Waals surface area contributed by atoms with E-state index in [-0.39, 0.29) is 0 Å². The molecule has 0 bridgehead atoms. The Kier molecular flexibility index (Phi) is 2.24. The number of methoxy groups -OCH3 is 1. The minimum Gasteiger partial charge on any atom is -0.494 e. The molecule has 60 valence electrons. The van der Waals surface area contributed by atoms with E-state index in [1.807, 2.05) is 0 Å². The first-order chi connectivity index (χ1) is 5.15. The predicted molar refractivity (Wildman–Crippen MR) is 44.6 cm³/mol. The molecule has 0 atom stereocenters. The van der Waals surface area contributed by atoms with E-state index in [0.717, 1.165) is 0 Å². The maximum Gasteiger partial charge on any atom is 0.145 e. The molecule has 4 heteroatoms. The minimum absolute atomic E-state index is 0.315. The van der Waals surface area contributed by atoms with E-state index in [0.29, 0.717) is 16.3 Å². The molecule has 2 N–H and O–H groups in total. The normalized spacial score (nSPS) is 9.73. The fourth-order valence-corrected chi connectivity index (χ4v) is 0.982. The fraction of sp³-hybridized carbons (Fsp3) is 0.143. The van der Waals surface area contributed by atoms with E-state index in [9.17, 15) is 4.39 Å². The number of nitrogens with two attached hydrogens (primary N) is 1. The second kappa shape index (κ2) is 3.00. The Morgan fingerprint density at radius 3 is 2.73 bits per heavy atom. The molecule has 11 heavy (non-hydrogen) atoms. The van der Waals surface area contributed by atoms with Gasteiger partial charge in [0, 0.05) is 11.0 Å². The Morgan fingerprint density at radius 2 is 2.18 bits per heavy atom. The Morgan fingerprint density at radius 1 is 1.55 bits per heavy atom. The third-order valence-corrected chi connectivity index (χ3v) is 1.67. The summed E-state index contributed by atoms with van der Waals surface area (Å²) in [6.45, 7) is 0. The van der Waals surface area contributed by atoms with Crippen LogP contribution in [0.15, 0.2) is 17.0 Å². The van der Waals surface area contributed by atoms with Crippen molar-refractivity contribution in [1.82, 2.24) is 0 Å². The zero-order valence-corrected chi connectivity index (χ0v) is 6.86. The van der Waals surface area contributed by atoms with Gasteiger partial charge in [-0.2, -0.15) is 0 Å². The van der Waals surface area contributed by atoms with Crippen molar-refractivity contribution >= 4 is 18.3 Å². The van der Waals surface area contributed by atoms with Crippen molar-refractivity contribution in [1.29, 1.82) is 0 Å². The van der Waals surface area contributed by atoms with E-state index in [4.69, 9.17) is 10.5 Å². The quantitative estimate of drug-likeness (QED) is 0.501. The summed E-state index contributed by atoms with van der Waals surface area (Å²) in [5, 5.41) is 0. The van der Waals surface area contributed by atoms with Crippen LogP contribution in [0.4, 0.5) is 10.1 Å². The minimum atomic E-state index is -0.402. The van der Waals surface area contributed by atoms with Gasteiger partial charge in [0.2, 0.25) is 0 Å². The molecule has 0 spiro atoms. The van der Waals surface area contributed by atoms with Gasteiger partial charge in [0.25, 0.3) is 0 Å². The Balaban J connectivity index is 3.24. The second-order valence-electron chi connectivity index (χ2n) is 2.04. The van der Waals surface area contributed by atoms with Crippen molar-refractivity contribution in [3.63, 3.8) is 0 Å². The molecule has 1 rings (SSSR count). The van der Waals surface area contributed by atoms with Crippen molar-refractivity contribution < 1.29 is 9.13 Å². The Bertz CT molecular complexity index is 277. The van der Waals surface area contributed by atoms with Gasteiger partial charge >= 0.3 is 0 Å². The van der Waals surface area contributed by atoms with E-state index in [2.05, 4.69) is 12.6 Å². The molecule has 0 unspecified atom stereocenters. The number of benzene rings is 1. The van der Waals surface area contributed by atoms with Crippen molar-refractivity contribution in [2.24, 2.45) is 0 Å². The zero-order valence-electron chi connectivity index (χ0n) is 5.97. The summed E-state index contributed by atoms with van der Waals surface area (Å²) in [4.78, 5) is 0.391. The third kappa shape index (κ3) is 1.57. The smallest absolute Gasteiger partial charge is 0.145 e. The number of anilines is 1. The van der Waals surface area contributed by atoms with Gasteiger partial charge < -0.3 is 10.5 Å². The standard InChI is InChI=1S/C7H8FNOS/c1-10-5-2-4(8)3-6(11)7(5)9/h2-3,11H,9H2,1H3. The predicted octanol–water partition coefficient (Wildman–Crippen LogP) is 1.71. The van der Waals surface area contributed by atoms with Crippen molar-refractivity contribution in [3.8, 4) is 5.75 Å². The fourth-order valence-electron chi connectivity index (χ4n) is 0.748. The Hall–Kier alpha value is -0.900. The van der Waals surface area contributed by atoms with E-state index in [1.54, 1.807) is 0 Å². The molecule has 0 saturated carbocycles. The number of rotatable bonds is 1. The SMILES string of the molecule is COc1cc(F)cc(S)c1N. The summed E-state index contributed by atoms with van der Waals surface area (Å²) in [6, 6.07) is 2.45. The molecule has 1 aromatic carbocycles. The van der Waals surface area contributed by atoms with Crippen LogP contribution in [-0.4, -0.2) is 7.11 Å². The molecule has 0 heterocycles. The van der Waals surface area contributed by atoms with Crippen LogP contribution in [0.1, 0.15) is 0 Å². The van der Waals surface area contributed by atoms with Crippen LogP contribution in [0.2, 0.25) is 0 Å². The second-order valence-corrected chi connectivity index (χ2v) is 2.52. The summed E-state index contributed by atoms with van der Waals surface area (Å²) < 4.78 is 17.4. The maximum absolute atomic E-state index is 12.6. The first kappa shape index (κ1) is 8.20. The number of nitrogen functional groups attached to an aromatic ring is 1. The number of halogens is 1. The number of hydrogen-bond donors (Lipinski definition) is 2. The van der Waals surface area contributed by atoms with Gasteiger partial charge in [-0.15, -0.1) is 12.6 Å². The summed E-state index contributed by atoms with van der Waals surface area (Å²) in [5.41, 5.74) is 5.85. The van der Waals surface area contributed by atoms with E-state index < -0.39 is 5.82 Å². The molecule has 0 radical (unpaired) electrons. The van der Waals surface area contributed by atoms with Crippen molar-refractivity contribution in [2.45, 2.75) is 4.90 Å². The number of hydrogen-bond acceptors (Lipinski definition) is 3. The largest absolute Gasteiger partial charge is 0.494 e. The highest BCUT2D eigenvalue weighted by molar-refractivity contribution is 7.80. The summed E-state index contributed by atoms with van der Waals surface area (Å²) >= 11 is 3.95. The van der Waals surface area contributed by atoms with Crippen molar-refractivity contribution in [3.05, 3.63) is 17.9 Å². The van der Waals surface area contributed by atoms with Gasteiger partial charge in [-0.3, -0.25) is 0 Å². The number of ether oxygens (including phenoxy) is 1. The van der Waals surface area contributed by atoms with Gasteiger partial charge in [-0.25, -0.2) is 4.39 Å². The summed E-state index contributed by atoms with van der Waals surface area (Å²) in [5.74, 6) is -0.0870. The molecule has 2 nitrogen and oxygen atoms in total. The van der Waals surface area contributed by atoms with Gasteiger partial charge in [0.15, 0.2) is 0 Å². The molecule has 0 aromatic heterocycles. The lowest BCUT2D eigenvalue weighted by molar-refractivity contribution is 0.412. The lowest BCUT2D eigenvalue weighted by Crippen LogP contribution is -1.94. The monoisotopic (exact) mass is 173 g/mol. The third-order valence-electron chi connectivity index (χ3n) is 1.30. The average Bonchev–Trinajstić information content (AvgIpc) is 1.96. The summed E-state index contributed by atoms with van der Waals surface area (Å²) in [7, 11) is 1.43. The molecule has 0 aliphatic heterocycles. The van der Waals surface area contributed by atoms with E-state index in [1.165, 1.54) is 19.2 Å². The van der Waals surface area contributed by atoms with Crippen LogP contribution in [0, 0.1) is 5.82 Å². The lowest BCUT2D eigenvalue weighted by atomic mass is 10.3. The molecule has 0 aliphatic rings. The number of thiol groups is 1. The van der Waals surface area contributed by atoms with Crippen LogP contribution in [-0.2, 0) is 0 Å². The van der Waals surface area contributed by atoms with Gasteiger partial charge in [-0.05, 0) is 6.07 Å². The van der Waals surface area contributed by atoms with Crippen LogP contribution >= 0.6 is 12.6 Å². The van der Waals surface area contributed by atoms with Crippen LogP contribution in [0.25, 0.3) is 0 Å². The molecule has 1 aromatic rings. The lowest BCUT2D eigenvalue weighted by Gasteiger charge is -2.05. The topological polar surface area (TPSA) is 35.2 Å².